The van der Waals surface area contributed by atoms with E-state index in [1.807, 2.05) is 4.90 Å². The molecule has 7 heteroatoms. The number of nitrogens with one attached hydrogen (secondary N) is 1. The number of amides is 1. The van der Waals surface area contributed by atoms with Gasteiger partial charge in [-0.1, -0.05) is 37.6 Å². The number of rotatable bonds is 5. The molecular weight excluding hydrogens is 420 g/mol. The largest absolute Gasteiger partial charge is 0.338 e. The highest BCUT2D eigenvalue weighted by molar-refractivity contribution is 7.89. The van der Waals surface area contributed by atoms with Crippen molar-refractivity contribution in [2.75, 3.05) is 6.54 Å². The fraction of sp³-hybridized carbons (Fsp3) is 0.522. The van der Waals surface area contributed by atoms with E-state index in [9.17, 15) is 13.2 Å². The summed E-state index contributed by atoms with van der Waals surface area (Å²) in [4.78, 5) is 15.0. The van der Waals surface area contributed by atoms with E-state index in [1.165, 1.54) is 0 Å². The molecule has 1 amide bonds. The SMILES string of the molecule is CC(C)C1CCC(N2CC[C@H](NS(=O)(=O)c3ccc4cc(Cl)ccc4c3)C2=O)CC1. The van der Waals surface area contributed by atoms with E-state index in [0.717, 1.165) is 42.4 Å². The Bertz CT molecular complexity index is 1050. The normalized spacial score (nSPS) is 25.4. The summed E-state index contributed by atoms with van der Waals surface area (Å²) in [6, 6.07) is 9.82. The van der Waals surface area contributed by atoms with Gasteiger partial charge in [0, 0.05) is 17.6 Å². The predicted molar refractivity (Wildman–Crippen MR) is 120 cm³/mol. The Hall–Kier alpha value is -1.63. The van der Waals surface area contributed by atoms with Crippen molar-refractivity contribution >= 4 is 38.3 Å². The number of nitrogens with zero attached hydrogens (tertiary/aromatic N) is 1. The van der Waals surface area contributed by atoms with Crippen molar-refractivity contribution in [1.82, 2.24) is 9.62 Å². The zero-order chi connectivity index (χ0) is 21.5. The van der Waals surface area contributed by atoms with Crippen LogP contribution in [-0.2, 0) is 14.8 Å². The maximum atomic E-state index is 13.0. The highest BCUT2D eigenvalue weighted by atomic mass is 35.5. The molecule has 2 aromatic carbocycles. The molecule has 0 spiro atoms. The maximum absolute atomic E-state index is 13.0. The van der Waals surface area contributed by atoms with Crippen molar-refractivity contribution in [2.45, 2.75) is 62.9 Å². The molecule has 5 nitrogen and oxygen atoms in total. The second kappa shape index (κ2) is 8.48. The van der Waals surface area contributed by atoms with E-state index >= 15 is 0 Å². The van der Waals surface area contributed by atoms with E-state index in [2.05, 4.69) is 18.6 Å². The van der Waals surface area contributed by atoms with Crippen molar-refractivity contribution in [1.29, 1.82) is 0 Å². The summed E-state index contributed by atoms with van der Waals surface area (Å²) in [5, 5.41) is 2.28. The number of hydrogen-bond donors (Lipinski definition) is 1. The summed E-state index contributed by atoms with van der Waals surface area (Å²) in [7, 11) is -3.78. The Kier molecular flexibility index (Phi) is 6.11. The van der Waals surface area contributed by atoms with Crippen LogP contribution in [0.3, 0.4) is 0 Å². The first-order valence-corrected chi connectivity index (χ1v) is 12.6. The lowest BCUT2D eigenvalue weighted by molar-refractivity contribution is -0.131. The second-order valence-corrected chi connectivity index (χ2v) is 11.1. The minimum atomic E-state index is -3.78. The smallest absolute Gasteiger partial charge is 0.241 e. The highest BCUT2D eigenvalue weighted by Gasteiger charge is 2.39. The Morgan fingerprint density at radius 2 is 1.67 bits per heavy atom. The van der Waals surface area contributed by atoms with Gasteiger partial charge in [0.05, 0.1) is 4.90 Å². The first-order valence-electron chi connectivity index (χ1n) is 10.8. The van der Waals surface area contributed by atoms with Gasteiger partial charge in [-0.05, 0) is 79.0 Å². The van der Waals surface area contributed by atoms with Crippen LogP contribution < -0.4 is 4.72 Å². The fourth-order valence-corrected chi connectivity index (χ4v) is 6.31. The van der Waals surface area contributed by atoms with Crippen LogP contribution in [-0.4, -0.2) is 37.9 Å². The monoisotopic (exact) mass is 448 g/mol. The average molecular weight is 449 g/mol. The van der Waals surface area contributed by atoms with Crippen molar-refractivity contribution in [2.24, 2.45) is 11.8 Å². The Morgan fingerprint density at radius 3 is 2.37 bits per heavy atom. The van der Waals surface area contributed by atoms with Gasteiger partial charge in [0.2, 0.25) is 15.9 Å². The lowest BCUT2D eigenvalue weighted by atomic mass is 9.79. The van der Waals surface area contributed by atoms with E-state index < -0.39 is 16.1 Å². The number of benzene rings is 2. The number of halogens is 1. The minimum absolute atomic E-state index is 0.0841. The van der Waals surface area contributed by atoms with E-state index in [-0.39, 0.29) is 16.8 Å². The summed E-state index contributed by atoms with van der Waals surface area (Å²) < 4.78 is 28.5. The molecule has 30 heavy (non-hydrogen) atoms. The van der Waals surface area contributed by atoms with Crippen LogP contribution in [0.1, 0.15) is 46.0 Å². The number of hydrogen-bond acceptors (Lipinski definition) is 3. The Balaban J connectivity index is 1.44. The van der Waals surface area contributed by atoms with Crippen LogP contribution in [0.25, 0.3) is 10.8 Å². The van der Waals surface area contributed by atoms with Gasteiger partial charge in [-0.15, -0.1) is 0 Å². The summed E-state index contributed by atoms with van der Waals surface area (Å²) in [6.07, 6.45) is 4.83. The van der Waals surface area contributed by atoms with Crippen LogP contribution in [0, 0.1) is 11.8 Å². The van der Waals surface area contributed by atoms with Crippen LogP contribution >= 0.6 is 11.6 Å². The van der Waals surface area contributed by atoms with Crippen LogP contribution in [0.4, 0.5) is 0 Å². The summed E-state index contributed by atoms with van der Waals surface area (Å²) in [6.45, 7) is 5.15. The third-order valence-corrected chi connectivity index (χ3v) is 8.45. The summed E-state index contributed by atoms with van der Waals surface area (Å²) in [5.74, 6) is 1.33. The maximum Gasteiger partial charge on any atom is 0.241 e. The molecule has 0 unspecified atom stereocenters. The topological polar surface area (TPSA) is 66.5 Å². The standard InChI is InChI=1S/C23H29ClN2O3S/c1-15(2)16-4-8-20(9-5-16)26-12-11-22(23(26)27)25-30(28,29)21-10-6-17-13-19(24)7-3-18(17)14-21/h3,6-7,10,13-16,20,22,25H,4-5,8-9,11-12H2,1-2H3/t16?,20?,22-/m0/s1. The molecule has 2 aliphatic rings. The molecule has 1 heterocycles. The van der Waals surface area contributed by atoms with Gasteiger partial charge in [-0.2, -0.15) is 4.72 Å². The van der Waals surface area contributed by atoms with Gasteiger partial charge >= 0.3 is 0 Å². The quantitative estimate of drug-likeness (QED) is 0.727. The molecule has 162 valence electrons. The van der Waals surface area contributed by atoms with Crippen molar-refractivity contribution in [3.63, 3.8) is 0 Å². The van der Waals surface area contributed by atoms with E-state index in [1.54, 1.807) is 36.4 Å². The van der Waals surface area contributed by atoms with E-state index in [4.69, 9.17) is 11.6 Å². The van der Waals surface area contributed by atoms with Gasteiger partial charge in [-0.3, -0.25) is 4.79 Å². The molecule has 0 bridgehead atoms. The Labute approximate surface area is 183 Å². The number of carbonyl (C=O) groups excluding carboxylic acids is 1. The number of sulfonamides is 1. The molecular formula is C23H29ClN2O3S. The molecule has 0 radical (unpaired) electrons. The van der Waals surface area contributed by atoms with Crippen molar-refractivity contribution in [3.8, 4) is 0 Å². The molecule has 1 aliphatic heterocycles. The highest BCUT2D eigenvalue weighted by Crippen LogP contribution is 2.34. The average Bonchev–Trinajstić information content (AvgIpc) is 3.07. The first kappa shape index (κ1) is 21.6. The predicted octanol–water partition coefficient (Wildman–Crippen LogP) is 4.59. The zero-order valence-electron chi connectivity index (χ0n) is 17.5. The van der Waals surface area contributed by atoms with Gasteiger partial charge < -0.3 is 4.90 Å². The van der Waals surface area contributed by atoms with Crippen molar-refractivity contribution in [3.05, 3.63) is 41.4 Å². The number of likely N-dealkylation sites (tertiary alicyclic amines) is 1. The van der Waals surface area contributed by atoms with Crippen LogP contribution in [0.15, 0.2) is 41.3 Å². The molecule has 1 aliphatic carbocycles. The molecule has 1 atom stereocenters. The third-order valence-electron chi connectivity index (χ3n) is 6.75. The lowest BCUT2D eigenvalue weighted by Gasteiger charge is -2.36. The third kappa shape index (κ3) is 4.36. The molecule has 4 rings (SSSR count). The Morgan fingerprint density at radius 1 is 1.00 bits per heavy atom. The van der Waals surface area contributed by atoms with Crippen LogP contribution in [0.2, 0.25) is 5.02 Å². The van der Waals surface area contributed by atoms with Gasteiger partial charge in [-0.25, -0.2) is 8.42 Å². The fourth-order valence-electron chi connectivity index (χ4n) is 4.87. The van der Waals surface area contributed by atoms with Crippen molar-refractivity contribution < 1.29 is 13.2 Å². The second-order valence-electron chi connectivity index (χ2n) is 8.96. The molecule has 1 N–H and O–H groups in total. The number of carbonyl (C=O) groups is 1. The summed E-state index contributed by atoms with van der Waals surface area (Å²) >= 11 is 6.01. The zero-order valence-corrected chi connectivity index (χ0v) is 19.0. The molecule has 2 fully saturated rings. The van der Waals surface area contributed by atoms with Gasteiger partial charge in [0.1, 0.15) is 6.04 Å². The minimum Gasteiger partial charge on any atom is -0.338 e. The molecule has 1 saturated carbocycles. The molecule has 1 saturated heterocycles. The van der Waals surface area contributed by atoms with Gasteiger partial charge in [0.15, 0.2) is 0 Å². The molecule has 0 aromatic heterocycles. The van der Waals surface area contributed by atoms with Crippen LogP contribution in [0.5, 0.6) is 0 Å². The van der Waals surface area contributed by atoms with Gasteiger partial charge in [0.25, 0.3) is 0 Å². The summed E-state index contributed by atoms with van der Waals surface area (Å²) in [5.41, 5.74) is 0. The lowest BCUT2D eigenvalue weighted by Crippen LogP contribution is -2.45. The number of fused-ring (bicyclic) bond motifs is 1. The first-order chi connectivity index (χ1) is 14.2. The molecule has 2 aromatic rings. The van der Waals surface area contributed by atoms with E-state index in [0.29, 0.717) is 23.9 Å².